The normalized spacial score (nSPS) is 10.7. The van der Waals surface area contributed by atoms with Crippen LogP contribution in [0.1, 0.15) is 10.4 Å². The lowest BCUT2D eigenvalue weighted by Gasteiger charge is -2.04. The summed E-state index contributed by atoms with van der Waals surface area (Å²) in [7, 11) is 0. The molecule has 0 spiro atoms. The highest BCUT2D eigenvalue weighted by atomic mass is 16.5. The van der Waals surface area contributed by atoms with Crippen molar-refractivity contribution in [3.8, 4) is 5.75 Å². The van der Waals surface area contributed by atoms with Gasteiger partial charge in [0.2, 0.25) is 10.9 Å². The number of rotatable bonds is 2. The van der Waals surface area contributed by atoms with Gasteiger partial charge >= 0.3 is 5.97 Å². The van der Waals surface area contributed by atoms with E-state index in [9.17, 15) is 19.2 Å². The molecule has 0 fully saturated rings. The molecule has 0 aliphatic carbocycles. The van der Waals surface area contributed by atoms with Gasteiger partial charge in [-0.25, -0.2) is 4.79 Å². The number of hydrogen-bond donors (Lipinski definition) is 0. The Balaban J connectivity index is 2.13. The van der Waals surface area contributed by atoms with Crippen LogP contribution in [0, 0.1) is 0 Å². The second-order valence-corrected chi connectivity index (χ2v) is 4.42. The van der Waals surface area contributed by atoms with Gasteiger partial charge in [0.05, 0.1) is 10.9 Å². The van der Waals surface area contributed by atoms with Crippen molar-refractivity contribution < 1.29 is 9.53 Å². The molecule has 0 N–H and O–H groups in total. The molecule has 0 saturated carbocycles. The van der Waals surface area contributed by atoms with Crippen LogP contribution in [0.2, 0.25) is 0 Å². The monoisotopic (exact) mass is 280 g/mol. The summed E-state index contributed by atoms with van der Waals surface area (Å²) in [5.74, 6) is -0.742. The van der Waals surface area contributed by atoms with Crippen molar-refractivity contribution in [2.75, 3.05) is 0 Å². The smallest absolute Gasteiger partial charge is 0.343 e. The predicted octanol–water partition coefficient (Wildman–Crippen LogP) is 1.02. The molecule has 0 aliphatic rings. The minimum absolute atomic E-state index is 0.0247. The van der Waals surface area contributed by atoms with E-state index in [0.717, 1.165) is 0 Å². The molecule has 0 unspecified atom stereocenters. The fourth-order valence-corrected chi connectivity index (χ4v) is 2.11. The van der Waals surface area contributed by atoms with Gasteiger partial charge in [-0.3, -0.25) is 14.4 Å². The number of hydrogen-bond acceptors (Lipinski definition) is 5. The summed E-state index contributed by atoms with van der Waals surface area (Å²) in [6.07, 6.45) is 0. The largest absolute Gasteiger partial charge is 0.422 e. The summed E-state index contributed by atoms with van der Waals surface area (Å²) in [5.41, 5.74) is -2.61. The Bertz CT molecular complexity index is 979. The molecule has 3 rings (SSSR count). The molecule has 0 atom stereocenters. The van der Waals surface area contributed by atoms with Crippen LogP contribution in [0.4, 0.5) is 0 Å². The summed E-state index contributed by atoms with van der Waals surface area (Å²) in [6, 6.07) is 12.4. The van der Waals surface area contributed by atoms with Gasteiger partial charge in [0.1, 0.15) is 5.75 Å². The quantitative estimate of drug-likeness (QED) is 0.398. The molecule has 102 valence electrons. The minimum atomic E-state index is -1.10. The van der Waals surface area contributed by atoms with E-state index in [-0.39, 0.29) is 16.5 Å². The van der Waals surface area contributed by atoms with Crippen molar-refractivity contribution in [3.63, 3.8) is 0 Å². The summed E-state index contributed by atoms with van der Waals surface area (Å²) in [4.78, 5) is 46.8. The van der Waals surface area contributed by atoms with Crippen LogP contribution in [0.3, 0.4) is 0 Å². The maximum atomic E-state index is 12.0. The third kappa shape index (κ3) is 2.04. The zero-order valence-electron chi connectivity index (χ0n) is 10.7. The molecule has 5 heteroatoms. The predicted molar refractivity (Wildman–Crippen MR) is 76.5 cm³/mol. The Morgan fingerprint density at radius 2 is 1.48 bits per heavy atom. The van der Waals surface area contributed by atoms with Crippen LogP contribution in [0.25, 0.3) is 10.8 Å². The SMILES string of the molecule is O=C(Oc1cccc2c(=O)c(=O)c(=O)c12)c1ccccc1. The average molecular weight is 280 g/mol. The lowest BCUT2D eigenvalue weighted by atomic mass is 10.2. The van der Waals surface area contributed by atoms with Crippen molar-refractivity contribution in [1.82, 2.24) is 0 Å². The van der Waals surface area contributed by atoms with Gasteiger partial charge in [0.25, 0.3) is 5.43 Å². The van der Waals surface area contributed by atoms with Crippen LogP contribution >= 0.6 is 0 Å². The van der Waals surface area contributed by atoms with Crippen molar-refractivity contribution in [2.45, 2.75) is 0 Å². The van der Waals surface area contributed by atoms with E-state index in [1.54, 1.807) is 30.3 Å². The number of carbonyl (C=O) groups excluding carboxylic acids is 1. The van der Waals surface area contributed by atoms with E-state index in [2.05, 4.69) is 0 Å². The topological polar surface area (TPSA) is 77.5 Å². The Labute approximate surface area is 117 Å². The van der Waals surface area contributed by atoms with Gasteiger partial charge in [-0.05, 0) is 24.3 Å². The Morgan fingerprint density at radius 1 is 0.762 bits per heavy atom. The molecule has 0 amide bonds. The zero-order valence-corrected chi connectivity index (χ0v) is 10.7. The summed E-state index contributed by atoms with van der Waals surface area (Å²) < 4.78 is 5.15. The van der Waals surface area contributed by atoms with Gasteiger partial charge in [0, 0.05) is 5.39 Å². The third-order valence-corrected chi connectivity index (χ3v) is 3.12. The Hall–Kier alpha value is -3.08. The lowest BCUT2D eigenvalue weighted by molar-refractivity contribution is 0.0737. The first-order valence-electron chi connectivity index (χ1n) is 6.13. The number of benzene rings is 2. The summed E-state index contributed by atoms with van der Waals surface area (Å²) in [5, 5.41) is -0.167. The molecule has 3 aromatic carbocycles. The third-order valence-electron chi connectivity index (χ3n) is 3.12. The molecule has 21 heavy (non-hydrogen) atoms. The number of esters is 1. The standard InChI is InChI=1S/C16H8O5/c17-13-10-7-4-8-11(12(10)14(18)15(13)19)21-16(20)9-5-2-1-3-6-9/h1-8H. The van der Waals surface area contributed by atoms with Crippen LogP contribution in [0.15, 0.2) is 62.9 Å². The molecule has 0 radical (unpaired) electrons. The number of ether oxygens (including phenoxy) is 1. The lowest BCUT2D eigenvalue weighted by Crippen LogP contribution is -2.29. The van der Waals surface area contributed by atoms with Crippen LogP contribution in [-0.2, 0) is 0 Å². The Kier molecular flexibility index (Phi) is 2.95. The van der Waals surface area contributed by atoms with E-state index in [0.29, 0.717) is 5.56 Å². The van der Waals surface area contributed by atoms with Crippen molar-refractivity contribution in [2.24, 2.45) is 0 Å². The second-order valence-electron chi connectivity index (χ2n) is 4.42. The van der Waals surface area contributed by atoms with E-state index in [4.69, 9.17) is 4.74 Å². The minimum Gasteiger partial charge on any atom is -0.422 e. The van der Waals surface area contributed by atoms with Crippen molar-refractivity contribution in [3.05, 3.63) is 84.8 Å². The first-order valence-corrected chi connectivity index (χ1v) is 6.13. The Morgan fingerprint density at radius 3 is 2.19 bits per heavy atom. The van der Waals surface area contributed by atoms with E-state index >= 15 is 0 Å². The molecule has 0 bridgehead atoms. The molecule has 0 saturated heterocycles. The highest BCUT2D eigenvalue weighted by Gasteiger charge is 2.18. The van der Waals surface area contributed by atoms with E-state index in [1.807, 2.05) is 0 Å². The van der Waals surface area contributed by atoms with Gasteiger partial charge in [0.15, 0.2) is 0 Å². The van der Waals surface area contributed by atoms with Crippen LogP contribution in [0.5, 0.6) is 5.75 Å². The molecule has 0 heterocycles. The highest BCUT2D eigenvalue weighted by Crippen LogP contribution is 2.20. The summed E-state index contributed by atoms with van der Waals surface area (Å²) >= 11 is 0. The van der Waals surface area contributed by atoms with Crippen LogP contribution < -0.4 is 21.0 Å². The molecule has 0 aromatic heterocycles. The fourth-order valence-electron chi connectivity index (χ4n) is 2.11. The average Bonchev–Trinajstić information content (AvgIpc) is 2.74. The highest BCUT2D eigenvalue weighted by molar-refractivity contribution is 5.95. The molecule has 0 aliphatic heterocycles. The maximum Gasteiger partial charge on any atom is 0.343 e. The molecular weight excluding hydrogens is 272 g/mol. The molecule has 3 aromatic rings. The van der Waals surface area contributed by atoms with E-state index < -0.39 is 22.3 Å². The molecular formula is C16H8O5. The first-order chi connectivity index (χ1) is 10.1. The van der Waals surface area contributed by atoms with Crippen molar-refractivity contribution >= 4 is 16.7 Å². The molecule has 5 nitrogen and oxygen atoms in total. The number of carbonyl (C=O) groups is 1. The summed E-state index contributed by atoms with van der Waals surface area (Å²) in [6.45, 7) is 0. The fraction of sp³-hybridized carbons (Fsp3) is 0. The van der Waals surface area contributed by atoms with E-state index in [1.165, 1.54) is 18.2 Å². The second kappa shape index (κ2) is 4.79. The van der Waals surface area contributed by atoms with Gasteiger partial charge in [-0.1, -0.05) is 24.3 Å². The first kappa shape index (κ1) is 12.9. The van der Waals surface area contributed by atoms with Gasteiger partial charge in [-0.15, -0.1) is 0 Å². The van der Waals surface area contributed by atoms with Gasteiger partial charge in [-0.2, -0.15) is 0 Å². The zero-order chi connectivity index (χ0) is 15.0. The maximum absolute atomic E-state index is 12.0. The van der Waals surface area contributed by atoms with Gasteiger partial charge < -0.3 is 4.74 Å². The van der Waals surface area contributed by atoms with Crippen LogP contribution in [-0.4, -0.2) is 5.97 Å². The van der Waals surface area contributed by atoms with Crippen molar-refractivity contribution in [1.29, 1.82) is 0 Å². The number of fused-ring (bicyclic) bond motifs is 1.